The number of nitrogens with zero attached hydrogens (tertiary/aromatic N) is 2. The maximum Gasteiger partial charge on any atom is 0.495 e. The van der Waals surface area contributed by atoms with Crippen LogP contribution in [0.25, 0.3) is 11.2 Å². The molecule has 0 spiro atoms. The summed E-state index contributed by atoms with van der Waals surface area (Å²) in [4.78, 5) is 28.5. The number of hydrogen-bond acceptors (Lipinski definition) is 9. The molecule has 0 unspecified atom stereocenters. The van der Waals surface area contributed by atoms with Gasteiger partial charge in [0.05, 0.1) is 6.20 Å². The first-order chi connectivity index (χ1) is 10.7. The van der Waals surface area contributed by atoms with Gasteiger partial charge in [-0.2, -0.15) is 9.78 Å². The van der Waals surface area contributed by atoms with Gasteiger partial charge < -0.3 is 25.6 Å². The molecule has 3 rings (SSSR count). The molecule has 3 heterocycles. The van der Waals surface area contributed by atoms with E-state index in [1.807, 2.05) is 0 Å². The third-order valence-electron chi connectivity index (χ3n) is 2.04. The Kier molecular flexibility index (Phi) is 6.07. The van der Waals surface area contributed by atoms with Crippen molar-refractivity contribution in [1.82, 2.24) is 19.9 Å². The Morgan fingerprint density at radius 1 is 1.17 bits per heavy atom. The number of anilines is 2. The SMILES string of the molecule is Nc1cc[nH+]c(=O)[nH]1.Nc1nc[nH+]c2nc[nH]c12.O=S(=O)([O-])[O-]. The highest BCUT2D eigenvalue weighted by molar-refractivity contribution is 7.79. The van der Waals surface area contributed by atoms with Gasteiger partial charge in [0.1, 0.15) is 0 Å². The average molecular weight is 344 g/mol. The van der Waals surface area contributed by atoms with Gasteiger partial charge in [-0.05, 0) is 0 Å². The van der Waals surface area contributed by atoms with Gasteiger partial charge in [0, 0.05) is 16.5 Å². The van der Waals surface area contributed by atoms with Crippen LogP contribution in [0.15, 0.2) is 29.7 Å². The zero-order valence-electron chi connectivity index (χ0n) is 11.3. The molecule has 23 heavy (non-hydrogen) atoms. The van der Waals surface area contributed by atoms with E-state index in [9.17, 15) is 4.79 Å². The fourth-order valence-corrected chi connectivity index (χ4v) is 1.24. The molecule has 0 saturated heterocycles. The Morgan fingerprint density at radius 3 is 2.30 bits per heavy atom. The van der Waals surface area contributed by atoms with Crippen molar-refractivity contribution in [3.63, 3.8) is 0 Å². The van der Waals surface area contributed by atoms with Gasteiger partial charge in [-0.15, -0.1) is 0 Å². The largest absolute Gasteiger partial charge is 0.759 e. The number of fused-ring (bicyclic) bond motifs is 1. The second kappa shape index (κ2) is 7.78. The summed E-state index contributed by atoms with van der Waals surface area (Å²) >= 11 is 0. The van der Waals surface area contributed by atoms with E-state index in [4.69, 9.17) is 29.0 Å². The molecule has 3 aromatic heterocycles. The van der Waals surface area contributed by atoms with Crippen LogP contribution in [0.3, 0.4) is 0 Å². The fourth-order valence-electron chi connectivity index (χ4n) is 1.24. The summed E-state index contributed by atoms with van der Waals surface area (Å²) in [6.07, 6.45) is 4.56. The molecule has 0 saturated carbocycles. The van der Waals surface area contributed by atoms with Crippen molar-refractivity contribution in [3.05, 3.63) is 35.4 Å². The molecule has 0 amide bonds. The summed E-state index contributed by atoms with van der Waals surface area (Å²) in [7, 11) is -5.17. The van der Waals surface area contributed by atoms with E-state index in [0.29, 0.717) is 11.6 Å². The third-order valence-corrected chi connectivity index (χ3v) is 2.04. The first kappa shape index (κ1) is 18.0. The van der Waals surface area contributed by atoms with Crippen LogP contribution >= 0.6 is 0 Å². The number of H-pyrrole nitrogens is 4. The van der Waals surface area contributed by atoms with Crippen LogP contribution < -0.4 is 27.1 Å². The molecule has 0 aromatic carbocycles. The van der Waals surface area contributed by atoms with Crippen molar-refractivity contribution < 1.29 is 27.5 Å². The third kappa shape index (κ3) is 7.46. The average Bonchev–Trinajstić information content (AvgIpc) is 2.87. The van der Waals surface area contributed by atoms with Crippen molar-refractivity contribution in [2.24, 2.45) is 0 Å². The Bertz CT molecular complexity index is 913. The van der Waals surface area contributed by atoms with E-state index < -0.39 is 10.4 Å². The quantitative estimate of drug-likeness (QED) is 0.237. The molecule has 13 nitrogen and oxygen atoms in total. The molecule has 3 aromatic rings. The lowest BCUT2D eigenvalue weighted by molar-refractivity contribution is -0.402. The standard InChI is InChI=1S/C5H5N5.C4H5N3O.H2O4S/c6-4-3-5(9-1-7-3)10-2-8-4;5-3-1-2-6-4(8)7-3;1-5(2,3)4/h1-2H,(H3,6,7,8,9,10);1-2H,(H3,5,6,7,8);(H2,1,2,3,4). The highest BCUT2D eigenvalue weighted by atomic mass is 32.3. The van der Waals surface area contributed by atoms with Gasteiger partial charge in [-0.25, -0.2) is 9.97 Å². The molecule has 0 atom stereocenters. The van der Waals surface area contributed by atoms with Crippen LogP contribution in [0.4, 0.5) is 11.6 Å². The number of imidazole rings is 1. The summed E-state index contributed by atoms with van der Waals surface area (Å²) in [5.41, 5.74) is 11.9. The second-order valence-electron chi connectivity index (χ2n) is 3.71. The predicted octanol–water partition coefficient (Wildman–Crippen LogP) is -3.21. The van der Waals surface area contributed by atoms with Gasteiger partial charge in [0.2, 0.25) is 12.1 Å². The summed E-state index contributed by atoms with van der Waals surface area (Å²) in [5, 5.41) is 0. The normalized spacial score (nSPS) is 10.2. The fraction of sp³-hybridized carbons (Fsp3) is 0. The van der Waals surface area contributed by atoms with E-state index in [0.717, 1.165) is 11.2 Å². The van der Waals surface area contributed by atoms with Gasteiger partial charge in [-0.3, -0.25) is 8.42 Å². The van der Waals surface area contributed by atoms with Crippen molar-refractivity contribution in [1.29, 1.82) is 0 Å². The minimum absolute atomic E-state index is 0.287. The maximum atomic E-state index is 10.3. The van der Waals surface area contributed by atoms with Crippen LogP contribution in [0.1, 0.15) is 0 Å². The maximum absolute atomic E-state index is 10.3. The van der Waals surface area contributed by atoms with Crippen LogP contribution in [-0.4, -0.2) is 37.5 Å². The second-order valence-corrected chi connectivity index (χ2v) is 4.53. The van der Waals surface area contributed by atoms with E-state index in [2.05, 4.69) is 29.9 Å². The van der Waals surface area contributed by atoms with Gasteiger partial charge in [0.15, 0.2) is 17.7 Å². The van der Waals surface area contributed by atoms with E-state index in [-0.39, 0.29) is 5.69 Å². The van der Waals surface area contributed by atoms with Crippen molar-refractivity contribution >= 4 is 33.2 Å². The lowest BCUT2D eigenvalue weighted by atomic mass is 10.5. The predicted molar refractivity (Wildman–Crippen MR) is 73.4 cm³/mol. The number of nitrogens with two attached hydrogens (primary N) is 2. The van der Waals surface area contributed by atoms with E-state index >= 15 is 0 Å². The van der Waals surface area contributed by atoms with Crippen molar-refractivity contribution in [2.45, 2.75) is 0 Å². The first-order valence-corrected chi connectivity index (χ1v) is 6.98. The monoisotopic (exact) mass is 344 g/mol. The van der Waals surface area contributed by atoms with Crippen molar-refractivity contribution in [2.75, 3.05) is 11.5 Å². The number of aromatic amines is 4. The molecule has 0 fully saturated rings. The van der Waals surface area contributed by atoms with Gasteiger partial charge >= 0.3 is 5.69 Å². The molecule has 8 N–H and O–H groups in total. The number of nitrogen functional groups attached to an aromatic ring is 2. The molecular weight excluding hydrogens is 332 g/mol. The zero-order chi connectivity index (χ0) is 17.5. The van der Waals surface area contributed by atoms with Crippen molar-refractivity contribution in [3.8, 4) is 0 Å². The minimum Gasteiger partial charge on any atom is -0.759 e. The number of nitrogens with one attached hydrogen (secondary N) is 4. The summed E-state index contributed by atoms with van der Waals surface area (Å²) < 4.78 is 34.1. The minimum atomic E-state index is -5.17. The molecule has 0 aliphatic rings. The molecule has 0 aliphatic carbocycles. The molecule has 0 bridgehead atoms. The lowest BCUT2D eigenvalue weighted by Gasteiger charge is -2.06. The summed E-state index contributed by atoms with van der Waals surface area (Å²) in [6, 6.07) is 1.57. The van der Waals surface area contributed by atoms with Crippen LogP contribution in [-0.2, 0) is 10.4 Å². The number of aromatic nitrogens is 6. The van der Waals surface area contributed by atoms with Crippen LogP contribution in [0.5, 0.6) is 0 Å². The Balaban J connectivity index is 0.000000184. The lowest BCUT2D eigenvalue weighted by Crippen LogP contribution is -2.28. The van der Waals surface area contributed by atoms with Crippen LogP contribution in [0.2, 0.25) is 0 Å². The molecule has 0 aliphatic heterocycles. The molecule has 0 radical (unpaired) electrons. The molecular formula is C9H12N8O5S. The molecule has 14 heteroatoms. The first-order valence-electron chi connectivity index (χ1n) is 5.65. The Hall–Kier alpha value is -3.10. The Labute approximate surface area is 128 Å². The van der Waals surface area contributed by atoms with Crippen LogP contribution in [0, 0.1) is 0 Å². The van der Waals surface area contributed by atoms with Gasteiger partial charge in [0.25, 0.3) is 5.65 Å². The highest BCUT2D eigenvalue weighted by Crippen LogP contribution is 2.06. The molecule has 124 valence electrons. The van der Waals surface area contributed by atoms with E-state index in [1.54, 1.807) is 12.4 Å². The zero-order valence-corrected chi connectivity index (χ0v) is 12.1. The highest BCUT2D eigenvalue weighted by Gasteiger charge is 2.06. The number of rotatable bonds is 0. The summed E-state index contributed by atoms with van der Waals surface area (Å²) in [5.74, 6) is 0.833. The van der Waals surface area contributed by atoms with Gasteiger partial charge in [-0.1, -0.05) is 9.97 Å². The topological polar surface area (TPSA) is 235 Å². The smallest absolute Gasteiger partial charge is 0.495 e. The van der Waals surface area contributed by atoms with E-state index in [1.165, 1.54) is 12.5 Å². The number of hydrogen-bond donors (Lipinski definition) is 4. The summed E-state index contributed by atoms with van der Waals surface area (Å²) in [6.45, 7) is 0. The Morgan fingerprint density at radius 2 is 1.83 bits per heavy atom.